The Kier molecular flexibility index (Phi) is 4.99. The molecule has 0 saturated heterocycles. The molecule has 1 aromatic heterocycles. The van der Waals surface area contributed by atoms with Gasteiger partial charge in [-0.2, -0.15) is 0 Å². The molecule has 0 aliphatic heterocycles. The van der Waals surface area contributed by atoms with E-state index in [1.54, 1.807) is 0 Å². The number of thiophene rings is 1. The van der Waals surface area contributed by atoms with Crippen molar-refractivity contribution in [1.29, 1.82) is 0 Å². The summed E-state index contributed by atoms with van der Waals surface area (Å²) in [6, 6.07) is 1.43. The minimum Gasteiger partial charge on any atom is -0.480 e. The molecule has 0 spiro atoms. The number of rotatable bonds is 5. The Morgan fingerprint density at radius 2 is 2.18 bits per heavy atom. The van der Waals surface area contributed by atoms with Crippen molar-refractivity contribution in [2.24, 2.45) is 0 Å². The Bertz CT molecular complexity index is 458. The van der Waals surface area contributed by atoms with Crippen LogP contribution in [0, 0.1) is 0 Å². The van der Waals surface area contributed by atoms with Gasteiger partial charge in [-0.15, -0.1) is 17.9 Å². The van der Waals surface area contributed by atoms with E-state index in [0.29, 0.717) is 4.34 Å². The van der Waals surface area contributed by atoms with Gasteiger partial charge in [0, 0.05) is 6.54 Å². The number of hydrogen-bond acceptors (Lipinski definition) is 3. The molecule has 0 aliphatic rings. The van der Waals surface area contributed by atoms with Crippen LogP contribution >= 0.6 is 34.5 Å². The van der Waals surface area contributed by atoms with Crippen molar-refractivity contribution in [1.82, 2.24) is 4.90 Å². The summed E-state index contributed by atoms with van der Waals surface area (Å²) in [5.41, 5.74) is 0.213. The van der Waals surface area contributed by atoms with Gasteiger partial charge in [0.1, 0.15) is 10.9 Å². The summed E-state index contributed by atoms with van der Waals surface area (Å²) in [5, 5.41) is 8.70. The summed E-state index contributed by atoms with van der Waals surface area (Å²) in [5.74, 6) is -1.57. The molecular formula is C10H9Cl2NO3S. The van der Waals surface area contributed by atoms with Gasteiger partial charge in [0.15, 0.2) is 0 Å². The fourth-order valence-corrected chi connectivity index (χ4v) is 2.64. The first-order valence-corrected chi connectivity index (χ1v) is 6.09. The van der Waals surface area contributed by atoms with Gasteiger partial charge >= 0.3 is 5.97 Å². The maximum Gasteiger partial charge on any atom is 0.323 e. The number of aliphatic carboxylic acids is 1. The molecule has 4 nitrogen and oxygen atoms in total. The van der Waals surface area contributed by atoms with Gasteiger partial charge in [-0.25, -0.2) is 0 Å². The second kappa shape index (κ2) is 6.05. The van der Waals surface area contributed by atoms with E-state index in [9.17, 15) is 9.59 Å². The molecule has 0 atom stereocenters. The first-order chi connectivity index (χ1) is 7.95. The minimum atomic E-state index is -1.10. The van der Waals surface area contributed by atoms with Gasteiger partial charge < -0.3 is 10.0 Å². The molecule has 1 amide bonds. The molecule has 92 valence electrons. The van der Waals surface area contributed by atoms with Crippen LogP contribution in [0.5, 0.6) is 0 Å². The van der Waals surface area contributed by atoms with E-state index < -0.39 is 18.4 Å². The quantitative estimate of drug-likeness (QED) is 0.849. The average Bonchev–Trinajstić information content (AvgIpc) is 2.55. The number of nitrogens with zero attached hydrogens (tertiary/aromatic N) is 1. The van der Waals surface area contributed by atoms with E-state index >= 15 is 0 Å². The lowest BCUT2D eigenvalue weighted by atomic mass is 10.3. The number of halogens is 2. The topological polar surface area (TPSA) is 57.6 Å². The predicted molar refractivity (Wildman–Crippen MR) is 68.1 cm³/mol. The van der Waals surface area contributed by atoms with Crippen LogP contribution in [0.4, 0.5) is 0 Å². The molecule has 1 N–H and O–H groups in total. The second-order valence-electron chi connectivity index (χ2n) is 3.11. The summed E-state index contributed by atoms with van der Waals surface area (Å²) < 4.78 is 0.631. The molecule has 0 bridgehead atoms. The highest BCUT2D eigenvalue weighted by Crippen LogP contribution is 2.31. The van der Waals surface area contributed by atoms with Crippen molar-refractivity contribution in [3.05, 3.63) is 33.0 Å². The fraction of sp³-hybridized carbons (Fsp3) is 0.200. The van der Waals surface area contributed by atoms with Crippen molar-refractivity contribution in [3.63, 3.8) is 0 Å². The highest BCUT2D eigenvalue weighted by atomic mass is 35.5. The molecule has 0 aromatic carbocycles. The van der Waals surface area contributed by atoms with E-state index in [4.69, 9.17) is 28.3 Å². The standard InChI is InChI=1S/C10H9Cl2NO3S/c1-2-3-13(5-8(14)15)10(16)6-4-7(11)17-9(6)12/h2,4H,1,3,5H2,(H,14,15). The molecule has 1 heterocycles. The van der Waals surface area contributed by atoms with Crippen molar-refractivity contribution in [2.45, 2.75) is 0 Å². The SMILES string of the molecule is C=CCN(CC(=O)O)C(=O)c1cc(Cl)sc1Cl. The van der Waals surface area contributed by atoms with Crippen LogP contribution in [0.3, 0.4) is 0 Å². The average molecular weight is 294 g/mol. The molecule has 1 rings (SSSR count). The molecular weight excluding hydrogens is 285 g/mol. The minimum absolute atomic E-state index is 0.134. The maximum atomic E-state index is 12.0. The lowest BCUT2D eigenvalue weighted by molar-refractivity contribution is -0.137. The Morgan fingerprint density at radius 1 is 1.53 bits per heavy atom. The van der Waals surface area contributed by atoms with Crippen LogP contribution in [0.15, 0.2) is 18.7 Å². The smallest absolute Gasteiger partial charge is 0.323 e. The van der Waals surface area contributed by atoms with Crippen LogP contribution in [0.25, 0.3) is 0 Å². The fourth-order valence-electron chi connectivity index (χ4n) is 1.19. The summed E-state index contributed by atoms with van der Waals surface area (Å²) in [6.45, 7) is 3.19. The number of carboxylic acid groups (broad SMARTS) is 1. The highest BCUT2D eigenvalue weighted by molar-refractivity contribution is 7.20. The second-order valence-corrected chi connectivity index (χ2v) is 5.39. The molecule has 1 aromatic rings. The zero-order valence-electron chi connectivity index (χ0n) is 8.65. The summed E-state index contributed by atoms with van der Waals surface area (Å²) in [7, 11) is 0. The maximum absolute atomic E-state index is 12.0. The third-order valence-corrected chi connectivity index (χ3v) is 3.34. The molecule has 0 unspecified atom stereocenters. The van der Waals surface area contributed by atoms with E-state index in [-0.39, 0.29) is 16.4 Å². The molecule has 0 fully saturated rings. The van der Waals surface area contributed by atoms with Crippen LogP contribution in [-0.2, 0) is 4.79 Å². The Labute approximate surface area is 112 Å². The molecule has 17 heavy (non-hydrogen) atoms. The summed E-state index contributed by atoms with van der Waals surface area (Å²) in [4.78, 5) is 23.7. The van der Waals surface area contributed by atoms with Gasteiger partial charge in [-0.1, -0.05) is 29.3 Å². The number of carboxylic acids is 1. The third-order valence-electron chi connectivity index (χ3n) is 1.85. The summed E-state index contributed by atoms with van der Waals surface area (Å²) >= 11 is 12.6. The van der Waals surface area contributed by atoms with Gasteiger partial charge in [0.25, 0.3) is 5.91 Å². The lowest BCUT2D eigenvalue weighted by Gasteiger charge is -2.18. The zero-order chi connectivity index (χ0) is 13.0. The molecule has 0 radical (unpaired) electrons. The molecule has 0 aliphatic carbocycles. The first kappa shape index (κ1) is 14.0. The van der Waals surface area contributed by atoms with Gasteiger partial charge in [-0.05, 0) is 6.07 Å². The monoisotopic (exact) mass is 293 g/mol. The molecule has 7 heteroatoms. The van der Waals surface area contributed by atoms with Crippen LogP contribution in [0.1, 0.15) is 10.4 Å². The van der Waals surface area contributed by atoms with Crippen molar-refractivity contribution >= 4 is 46.4 Å². The zero-order valence-corrected chi connectivity index (χ0v) is 11.0. The van der Waals surface area contributed by atoms with Crippen molar-refractivity contribution in [3.8, 4) is 0 Å². The van der Waals surface area contributed by atoms with E-state index in [1.165, 1.54) is 12.1 Å². The highest BCUT2D eigenvalue weighted by Gasteiger charge is 2.21. The Balaban J connectivity index is 2.94. The largest absolute Gasteiger partial charge is 0.480 e. The summed E-state index contributed by atoms with van der Waals surface area (Å²) in [6.07, 6.45) is 1.45. The Morgan fingerprint density at radius 3 is 2.59 bits per heavy atom. The van der Waals surface area contributed by atoms with Crippen LogP contribution in [0.2, 0.25) is 8.67 Å². The predicted octanol–water partition coefficient (Wildman–Crippen LogP) is 2.77. The van der Waals surface area contributed by atoms with Crippen molar-refractivity contribution < 1.29 is 14.7 Å². The normalized spacial score (nSPS) is 10.0. The van der Waals surface area contributed by atoms with Gasteiger partial charge in [-0.3, -0.25) is 9.59 Å². The Hall–Kier alpha value is -1.04. The van der Waals surface area contributed by atoms with Gasteiger partial charge in [0.05, 0.1) is 9.90 Å². The van der Waals surface area contributed by atoms with E-state index in [0.717, 1.165) is 16.2 Å². The molecule has 0 saturated carbocycles. The lowest BCUT2D eigenvalue weighted by Crippen LogP contribution is -2.35. The van der Waals surface area contributed by atoms with Crippen LogP contribution in [-0.4, -0.2) is 35.0 Å². The number of amides is 1. The van der Waals surface area contributed by atoms with Crippen molar-refractivity contribution in [2.75, 3.05) is 13.1 Å². The third kappa shape index (κ3) is 3.73. The van der Waals surface area contributed by atoms with E-state index in [2.05, 4.69) is 6.58 Å². The first-order valence-electron chi connectivity index (χ1n) is 4.52. The number of carbonyl (C=O) groups excluding carboxylic acids is 1. The number of hydrogen-bond donors (Lipinski definition) is 1. The van der Waals surface area contributed by atoms with Crippen LogP contribution < -0.4 is 0 Å². The number of carbonyl (C=O) groups is 2. The van der Waals surface area contributed by atoms with Gasteiger partial charge in [0.2, 0.25) is 0 Å². The van der Waals surface area contributed by atoms with E-state index in [1.807, 2.05) is 0 Å².